The zero-order valence-corrected chi connectivity index (χ0v) is 22.5. The minimum absolute atomic E-state index is 0.135. The first-order chi connectivity index (χ1) is 18.5. The molecule has 3 aliphatic rings. The number of rotatable bonds is 8. The second-order valence-corrected chi connectivity index (χ2v) is 10.3. The summed E-state index contributed by atoms with van der Waals surface area (Å²) in [6.45, 7) is 10.2. The van der Waals surface area contributed by atoms with Crippen LogP contribution in [0.3, 0.4) is 0 Å². The van der Waals surface area contributed by atoms with E-state index in [0.29, 0.717) is 6.42 Å². The maximum Gasteiger partial charge on any atom is 0.265 e. The van der Waals surface area contributed by atoms with Crippen LogP contribution in [-0.2, 0) is 20.7 Å². The third kappa shape index (κ3) is 6.23. The summed E-state index contributed by atoms with van der Waals surface area (Å²) < 4.78 is 17.1. The highest BCUT2D eigenvalue weighted by atomic mass is 16.5. The van der Waals surface area contributed by atoms with Crippen molar-refractivity contribution in [2.45, 2.75) is 32.0 Å². The summed E-state index contributed by atoms with van der Waals surface area (Å²) in [5.74, 6) is 0.638. The predicted molar refractivity (Wildman–Crippen MR) is 148 cm³/mol. The number of methoxy groups -OCH3 is 1. The van der Waals surface area contributed by atoms with E-state index in [1.54, 1.807) is 14.0 Å². The van der Waals surface area contributed by atoms with E-state index < -0.39 is 12.2 Å². The maximum absolute atomic E-state index is 13.2. The van der Waals surface area contributed by atoms with Gasteiger partial charge in [-0.25, -0.2) is 0 Å². The molecule has 0 aromatic heterocycles. The Balaban J connectivity index is 1.27. The Morgan fingerprint density at radius 2 is 1.82 bits per heavy atom. The smallest absolute Gasteiger partial charge is 0.265 e. The van der Waals surface area contributed by atoms with Crippen LogP contribution in [0.2, 0.25) is 0 Å². The molecule has 0 radical (unpaired) electrons. The molecule has 0 bridgehead atoms. The van der Waals surface area contributed by atoms with Crippen molar-refractivity contribution in [3.05, 3.63) is 47.5 Å². The molecule has 3 heterocycles. The maximum atomic E-state index is 13.2. The number of nitrogens with zero attached hydrogens (tertiary/aromatic N) is 3. The van der Waals surface area contributed by atoms with Crippen molar-refractivity contribution in [2.24, 2.45) is 0 Å². The highest BCUT2D eigenvalue weighted by molar-refractivity contribution is 5.95. The van der Waals surface area contributed by atoms with E-state index in [1.807, 2.05) is 36.4 Å². The second kappa shape index (κ2) is 12.3. The number of fused-ring (bicyclic) bond motifs is 1. The van der Waals surface area contributed by atoms with Crippen LogP contribution in [0.15, 0.2) is 36.4 Å². The third-order valence-corrected chi connectivity index (χ3v) is 7.72. The molecule has 9 heteroatoms. The van der Waals surface area contributed by atoms with Gasteiger partial charge in [-0.15, -0.1) is 0 Å². The molecule has 0 spiro atoms. The van der Waals surface area contributed by atoms with Gasteiger partial charge in [-0.05, 0) is 67.3 Å². The van der Waals surface area contributed by atoms with Crippen LogP contribution in [0.5, 0.6) is 5.75 Å². The summed E-state index contributed by atoms with van der Waals surface area (Å²) in [7, 11) is 1.73. The van der Waals surface area contributed by atoms with Gasteiger partial charge < -0.3 is 34.4 Å². The van der Waals surface area contributed by atoms with E-state index in [9.17, 15) is 9.90 Å². The molecule has 2 fully saturated rings. The van der Waals surface area contributed by atoms with Crippen molar-refractivity contribution < 1.29 is 24.1 Å². The van der Waals surface area contributed by atoms with E-state index in [-0.39, 0.29) is 5.91 Å². The number of aliphatic hydroxyl groups is 1. The molecule has 206 valence electrons. The number of carbonyl (C=O) groups excluding carboxylic acids is 1. The molecule has 2 unspecified atom stereocenters. The Labute approximate surface area is 225 Å². The highest BCUT2D eigenvalue weighted by Crippen LogP contribution is 2.40. The predicted octanol–water partition coefficient (Wildman–Crippen LogP) is 2.68. The molecule has 9 nitrogen and oxygen atoms in total. The lowest BCUT2D eigenvalue weighted by molar-refractivity contribution is -0.123. The number of aryl methyl sites for hydroxylation is 1. The van der Waals surface area contributed by atoms with Crippen molar-refractivity contribution in [1.29, 1.82) is 0 Å². The number of ether oxygens (including phenoxy) is 3. The number of anilines is 3. The molecule has 0 saturated carbocycles. The summed E-state index contributed by atoms with van der Waals surface area (Å²) in [6, 6.07) is 12.0. The molecule has 2 atom stereocenters. The molecule has 1 amide bonds. The molecule has 38 heavy (non-hydrogen) atoms. The number of nitrogens with one attached hydrogen (secondary N) is 1. The molecule has 2 aromatic carbocycles. The van der Waals surface area contributed by atoms with Crippen LogP contribution < -0.4 is 19.9 Å². The van der Waals surface area contributed by atoms with Gasteiger partial charge in [-0.2, -0.15) is 0 Å². The number of amides is 1. The molecule has 0 aliphatic carbocycles. The van der Waals surface area contributed by atoms with Gasteiger partial charge in [0.05, 0.1) is 31.6 Å². The average Bonchev–Trinajstić information content (AvgIpc) is 2.96. The first-order valence-corrected chi connectivity index (χ1v) is 13.7. The molecule has 5 rings (SSSR count). The van der Waals surface area contributed by atoms with Crippen molar-refractivity contribution >= 4 is 23.0 Å². The van der Waals surface area contributed by atoms with Crippen LogP contribution in [0.1, 0.15) is 30.6 Å². The van der Waals surface area contributed by atoms with Crippen LogP contribution >= 0.6 is 0 Å². The molecule has 3 aliphatic heterocycles. The lowest BCUT2D eigenvalue weighted by atomic mass is 9.96. The van der Waals surface area contributed by atoms with Gasteiger partial charge in [0.1, 0.15) is 5.75 Å². The number of hydrogen-bond donors (Lipinski definition) is 2. The number of aliphatic hydroxyl groups excluding tert-OH is 1. The second-order valence-electron chi connectivity index (χ2n) is 10.3. The van der Waals surface area contributed by atoms with Crippen molar-refractivity contribution in [3.8, 4) is 5.75 Å². The SMILES string of the molecule is COCCN1CCN(c2cc(C(C)O)cc3c2OC(C(=O)Nc2ccc(N4CCOCC4)cc2)CC3)CC1. The van der Waals surface area contributed by atoms with E-state index in [2.05, 4.69) is 20.0 Å². The zero-order chi connectivity index (χ0) is 26.5. The summed E-state index contributed by atoms with van der Waals surface area (Å²) in [6.07, 6.45) is 0.187. The van der Waals surface area contributed by atoms with Crippen LogP contribution in [0.4, 0.5) is 17.1 Å². The van der Waals surface area contributed by atoms with Crippen LogP contribution in [0, 0.1) is 0 Å². The lowest BCUT2D eigenvalue weighted by Crippen LogP contribution is -2.47. The first-order valence-electron chi connectivity index (χ1n) is 13.7. The fraction of sp³-hybridized carbons (Fsp3) is 0.552. The Kier molecular flexibility index (Phi) is 8.68. The average molecular weight is 525 g/mol. The largest absolute Gasteiger partial charge is 0.478 e. The standard InChI is InChI=1S/C29H40N4O5/c1-21(34)23-19-22-3-8-27(29(35)30-24-4-6-25(7-5-24)32-14-17-37-18-15-32)38-28(22)26(20-23)33-11-9-31(10-12-33)13-16-36-2/h4-7,19-21,27,34H,3,8-18H2,1-2H3,(H,30,35). The fourth-order valence-electron chi connectivity index (χ4n) is 5.40. The van der Waals surface area contributed by atoms with Crippen molar-refractivity contribution in [3.63, 3.8) is 0 Å². The van der Waals surface area contributed by atoms with E-state index in [1.165, 1.54) is 0 Å². The Morgan fingerprint density at radius 1 is 1.08 bits per heavy atom. The summed E-state index contributed by atoms with van der Waals surface area (Å²) in [5.41, 5.74) is 4.80. The molecular formula is C29H40N4O5. The van der Waals surface area contributed by atoms with Gasteiger partial charge in [0.15, 0.2) is 6.10 Å². The van der Waals surface area contributed by atoms with E-state index in [4.69, 9.17) is 14.2 Å². The van der Waals surface area contributed by atoms with E-state index in [0.717, 1.165) is 106 Å². The number of piperazine rings is 1. The Morgan fingerprint density at radius 3 is 2.50 bits per heavy atom. The number of morpholine rings is 1. The minimum atomic E-state index is -0.569. The first kappa shape index (κ1) is 26.7. The topological polar surface area (TPSA) is 86.7 Å². The summed E-state index contributed by atoms with van der Waals surface area (Å²) in [4.78, 5) is 20.2. The molecule has 2 N–H and O–H groups in total. The molecular weight excluding hydrogens is 484 g/mol. The quantitative estimate of drug-likeness (QED) is 0.545. The number of benzene rings is 2. The lowest BCUT2D eigenvalue weighted by Gasteiger charge is -2.38. The van der Waals surface area contributed by atoms with Crippen molar-refractivity contribution in [1.82, 2.24) is 4.90 Å². The normalized spacial score (nSPS) is 21.0. The third-order valence-electron chi connectivity index (χ3n) is 7.72. The van der Waals surface area contributed by atoms with Gasteiger partial charge in [0.2, 0.25) is 0 Å². The van der Waals surface area contributed by atoms with Gasteiger partial charge in [0, 0.05) is 64.3 Å². The zero-order valence-electron chi connectivity index (χ0n) is 22.5. The van der Waals surface area contributed by atoms with E-state index >= 15 is 0 Å². The Hall–Kier alpha value is -2.85. The van der Waals surface area contributed by atoms with Crippen LogP contribution in [-0.4, -0.2) is 94.8 Å². The van der Waals surface area contributed by atoms with Gasteiger partial charge in [-0.3, -0.25) is 9.69 Å². The Bertz CT molecular complexity index is 1080. The summed E-state index contributed by atoms with van der Waals surface area (Å²) in [5, 5.41) is 13.4. The number of carbonyl (C=O) groups is 1. The van der Waals surface area contributed by atoms with Crippen molar-refractivity contribution in [2.75, 3.05) is 87.9 Å². The highest BCUT2D eigenvalue weighted by Gasteiger charge is 2.31. The summed E-state index contributed by atoms with van der Waals surface area (Å²) >= 11 is 0. The monoisotopic (exact) mass is 524 g/mol. The van der Waals surface area contributed by atoms with Gasteiger partial charge in [-0.1, -0.05) is 0 Å². The molecule has 2 saturated heterocycles. The van der Waals surface area contributed by atoms with Crippen LogP contribution in [0.25, 0.3) is 0 Å². The number of hydrogen-bond acceptors (Lipinski definition) is 8. The molecule has 2 aromatic rings. The minimum Gasteiger partial charge on any atom is -0.478 e. The fourth-order valence-corrected chi connectivity index (χ4v) is 5.40. The van der Waals surface area contributed by atoms with Gasteiger partial charge in [0.25, 0.3) is 5.91 Å². The van der Waals surface area contributed by atoms with Gasteiger partial charge >= 0.3 is 0 Å².